The van der Waals surface area contributed by atoms with E-state index in [4.69, 9.17) is 37.2 Å². The summed E-state index contributed by atoms with van der Waals surface area (Å²) in [7, 11) is 0. The Morgan fingerprint density at radius 1 is 1.25 bits per heavy atom. The highest BCUT2D eigenvalue weighted by atomic mass is 35.5. The second-order valence-corrected chi connectivity index (χ2v) is 8.63. The van der Waals surface area contributed by atoms with E-state index in [1.807, 2.05) is 0 Å². The molecule has 0 spiro atoms. The lowest BCUT2D eigenvalue weighted by Crippen LogP contribution is -2.42. The van der Waals surface area contributed by atoms with Gasteiger partial charge in [0, 0.05) is 34.3 Å². The first-order chi connectivity index (χ1) is 15.1. The van der Waals surface area contributed by atoms with E-state index in [9.17, 15) is 18.0 Å². The van der Waals surface area contributed by atoms with Crippen LogP contribution >= 0.6 is 23.2 Å². The molecular weight excluding hydrogens is 472 g/mol. The number of hydrogen-bond donors (Lipinski definition) is 1. The fourth-order valence-corrected chi connectivity index (χ4v) is 4.25. The number of nitrogens with zero attached hydrogens (tertiary/aromatic N) is 1. The number of alkyl halides is 3. The van der Waals surface area contributed by atoms with Gasteiger partial charge in [-0.3, -0.25) is 4.79 Å². The Morgan fingerprint density at radius 3 is 2.59 bits per heavy atom. The Hall–Kier alpha value is -2.23. The fraction of sp³-hybridized carbons (Fsp3) is 0.429. The average Bonchev–Trinajstić information content (AvgIpc) is 3.45. The Morgan fingerprint density at radius 2 is 1.97 bits per heavy atom. The van der Waals surface area contributed by atoms with Crippen molar-refractivity contribution >= 4 is 34.8 Å². The lowest BCUT2D eigenvalue weighted by atomic mass is 9.87. The zero-order valence-electron chi connectivity index (χ0n) is 16.9. The molecule has 2 unspecified atom stereocenters. The summed E-state index contributed by atoms with van der Waals surface area (Å²) in [6.45, 7) is 2.76. The Kier molecular flexibility index (Phi) is 6.17. The summed E-state index contributed by atoms with van der Waals surface area (Å²) in [6, 6.07) is 5.20. The zero-order chi connectivity index (χ0) is 23.1. The normalized spacial score (nSPS) is 23.2. The largest absolute Gasteiger partial charge is 0.460 e. The quantitative estimate of drug-likeness (QED) is 0.630. The maximum atomic E-state index is 14.1. The van der Waals surface area contributed by atoms with Crippen molar-refractivity contribution in [1.82, 2.24) is 5.32 Å². The van der Waals surface area contributed by atoms with Crippen molar-refractivity contribution in [2.24, 2.45) is 11.1 Å². The number of amides is 1. The lowest BCUT2D eigenvalue weighted by Gasteiger charge is -2.29. The number of oxime groups is 1. The van der Waals surface area contributed by atoms with Gasteiger partial charge in [0.25, 0.3) is 5.60 Å². The molecule has 6 nitrogen and oxygen atoms in total. The predicted molar refractivity (Wildman–Crippen MR) is 111 cm³/mol. The molecule has 1 N–H and O–H groups in total. The molecule has 1 saturated heterocycles. The molecule has 2 atom stereocenters. The number of nitrogens with one attached hydrogen (secondary N) is 1. The van der Waals surface area contributed by atoms with Gasteiger partial charge in [0.05, 0.1) is 18.9 Å². The van der Waals surface area contributed by atoms with Crippen LogP contribution in [0.25, 0.3) is 0 Å². The molecule has 0 radical (unpaired) electrons. The topological polar surface area (TPSA) is 73.1 Å². The van der Waals surface area contributed by atoms with Gasteiger partial charge in [-0.25, -0.2) is 0 Å². The Balaban J connectivity index is 1.54. The van der Waals surface area contributed by atoms with Crippen molar-refractivity contribution in [1.29, 1.82) is 0 Å². The maximum absolute atomic E-state index is 14.1. The summed E-state index contributed by atoms with van der Waals surface area (Å²) in [5, 5.41) is 6.59. The van der Waals surface area contributed by atoms with Crippen LogP contribution in [0.15, 0.2) is 33.8 Å². The molecule has 172 valence electrons. The summed E-state index contributed by atoms with van der Waals surface area (Å²) in [5.74, 6) is 0.252. The first-order valence-corrected chi connectivity index (χ1v) is 10.6. The molecule has 1 amide bonds. The molecule has 2 aliphatic heterocycles. The van der Waals surface area contributed by atoms with Gasteiger partial charge in [-0.2, -0.15) is 13.2 Å². The highest BCUT2D eigenvalue weighted by molar-refractivity contribution is 6.34. The number of aryl methyl sites for hydroxylation is 1. The van der Waals surface area contributed by atoms with Crippen LogP contribution in [0.5, 0.6) is 0 Å². The van der Waals surface area contributed by atoms with E-state index in [1.54, 1.807) is 13.0 Å². The van der Waals surface area contributed by atoms with E-state index in [0.717, 1.165) is 12.1 Å². The van der Waals surface area contributed by atoms with Crippen LogP contribution < -0.4 is 5.32 Å². The van der Waals surface area contributed by atoms with Gasteiger partial charge in [-0.1, -0.05) is 28.4 Å². The Bertz CT molecular complexity index is 1040. The third-order valence-corrected chi connectivity index (χ3v) is 6.01. The van der Waals surface area contributed by atoms with Gasteiger partial charge in [0.1, 0.15) is 11.5 Å². The molecule has 11 heteroatoms. The molecular formula is C21H19Cl2F3N2O4. The Labute approximate surface area is 191 Å². The molecule has 1 aromatic carbocycles. The summed E-state index contributed by atoms with van der Waals surface area (Å²) < 4.78 is 53.2. The molecule has 2 aliphatic rings. The number of rotatable bonds is 5. The van der Waals surface area contributed by atoms with Crippen LogP contribution in [-0.2, 0) is 26.5 Å². The highest BCUT2D eigenvalue weighted by Crippen LogP contribution is 2.49. The van der Waals surface area contributed by atoms with E-state index >= 15 is 0 Å². The fourth-order valence-electron chi connectivity index (χ4n) is 3.73. The van der Waals surface area contributed by atoms with Gasteiger partial charge in [-0.15, -0.1) is 0 Å². The SMILES string of the molecule is Cc1oc(C2=NOC(c3cc(Cl)cc(Cl)c3)(C(F)(F)F)C2)cc1CNC(=O)C1CCOC1. The smallest absolute Gasteiger partial charge is 0.435 e. The van der Waals surface area contributed by atoms with Crippen LogP contribution in [0.2, 0.25) is 10.0 Å². The molecule has 1 aromatic heterocycles. The number of furan rings is 1. The minimum Gasteiger partial charge on any atom is -0.460 e. The number of carbonyl (C=O) groups excluding carboxylic acids is 1. The van der Waals surface area contributed by atoms with Crippen molar-refractivity contribution < 1.29 is 32.0 Å². The van der Waals surface area contributed by atoms with Gasteiger partial charge >= 0.3 is 6.18 Å². The van der Waals surface area contributed by atoms with Crippen molar-refractivity contribution in [3.05, 3.63) is 57.0 Å². The summed E-state index contributed by atoms with van der Waals surface area (Å²) in [5.41, 5.74) is -2.38. The first kappa shape index (κ1) is 22.9. The van der Waals surface area contributed by atoms with E-state index in [0.29, 0.717) is 31.0 Å². The zero-order valence-corrected chi connectivity index (χ0v) is 18.4. The molecule has 32 heavy (non-hydrogen) atoms. The molecule has 0 bridgehead atoms. The second kappa shape index (κ2) is 8.61. The minimum atomic E-state index is -4.80. The highest BCUT2D eigenvalue weighted by Gasteiger charge is 2.62. The van der Waals surface area contributed by atoms with Crippen molar-refractivity contribution in [3.63, 3.8) is 0 Å². The summed E-state index contributed by atoms with van der Waals surface area (Å²) in [4.78, 5) is 17.2. The van der Waals surface area contributed by atoms with Crippen molar-refractivity contribution in [3.8, 4) is 0 Å². The molecule has 1 fully saturated rings. The molecule has 3 heterocycles. The number of benzene rings is 1. The van der Waals surface area contributed by atoms with Crippen LogP contribution in [0.4, 0.5) is 13.2 Å². The van der Waals surface area contributed by atoms with Gasteiger partial charge < -0.3 is 19.3 Å². The van der Waals surface area contributed by atoms with Crippen molar-refractivity contribution in [2.75, 3.05) is 13.2 Å². The molecule has 2 aromatic rings. The standard InChI is InChI=1S/C21H19Cl2F3N2O4/c1-11-13(9-27-19(29)12-2-3-30-10-12)4-18(31-11)17-8-20(32-28-17,21(24,25)26)14-5-15(22)7-16(23)6-14/h4-7,12H,2-3,8-10H2,1H3,(H,27,29). The van der Waals surface area contributed by atoms with E-state index in [-0.39, 0.29) is 45.5 Å². The van der Waals surface area contributed by atoms with Crippen LogP contribution in [0, 0.1) is 12.8 Å². The summed E-state index contributed by atoms with van der Waals surface area (Å²) >= 11 is 11.8. The minimum absolute atomic E-state index is 0.0108. The first-order valence-electron chi connectivity index (χ1n) is 9.82. The van der Waals surface area contributed by atoms with Gasteiger partial charge in [0.15, 0.2) is 5.76 Å². The number of hydrogen-bond acceptors (Lipinski definition) is 5. The van der Waals surface area contributed by atoms with Gasteiger partial charge in [0.2, 0.25) is 5.91 Å². The third-order valence-electron chi connectivity index (χ3n) is 5.57. The van der Waals surface area contributed by atoms with E-state index in [1.165, 1.54) is 6.07 Å². The monoisotopic (exact) mass is 490 g/mol. The summed E-state index contributed by atoms with van der Waals surface area (Å²) in [6.07, 6.45) is -4.76. The number of halogens is 5. The second-order valence-electron chi connectivity index (χ2n) is 7.76. The van der Waals surface area contributed by atoms with E-state index in [2.05, 4.69) is 10.5 Å². The van der Waals surface area contributed by atoms with Crippen LogP contribution in [0.1, 0.15) is 35.5 Å². The average molecular weight is 491 g/mol. The van der Waals surface area contributed by atoms with Crippen LogP contribution in [-0.4, -0.2) is 31.0 Å². The molecule has 4 rings (SSSR count). The number of ether oxygens (including phenoxy) is 1. The lowest BCUT2D eigenvalue weighted by molar-refractivity contribution is -0.275. The predicted octanol–water partition coefficient (Wildman–Crippen LogP) is 5.13. The van der Waals surface area contributed by atoms with E-state index < -0.39 is 18.2 Å². The molecule has 0 saturated carbocycles. The van der Waals surface area contributed by atoms with Crippen molar-refractivity contribution in [2.45, 2.75) is 38.1 Å². The maximum Gasteiger partial charge on any atom is 0.435 e. The van der Waals surface area contributed by atoms with Gasteiger partial charge in [-0.05, 0) is 37.6 Å². The van der Waals surface area contributed by atoms with Crippen LogP contribution in [0.3, 0.4) is 0 Å². The third kappa shape index (κ3) is 4.33. The number of carbonyl (C=O) groups is 1. The molecule has 0 aliphatic carbocycles.